The van der Waals surface area contributed by atoms with Gasteiger partial charge in [-0.1, -0.05) is 30.7 Å². The van der Waals surface area contributed by atoms with Crippen LogP contribution in [-0.4, -0.2) is 25.3 Å². The van der Waals surface area contributed by atoms with Gasteiger partial charge in [-0.3, -0.25) is 0 Å². The van der Waals surface area contributed by atoms with E-state index in [1.165, 1.54) is 4.63 Å². The number of rotatable bonds is 4. The molecule has 0 fully saturated rings. The van der Waals surface area contributed by atoms with Crippen LogP contribution in [0.5, 0.6) is 0 Å². The van der Waals surface area contributed by atoms with Crippen molar-refractivity contribution in [1.82, 2.24) is 25.3 Å². The van der Waals surface area contributed by atoms with Crippen LogP contribution >= 0.6 is 11.6 Å². The predicted octanol–water partition coefficient (Wildman–Crippen LogP) is 2.74. The predicted molar refractivity (Wildman–Crippen MR) is 76.7 cm³/mol. The molecule has 2 heterocycles. The number of anilines is 1. The Labute approximate surface area is 120 Å². The smallest absolute Gasteiger partial charge is 0.200 e. The summed E-state index contributed by atoms with van der Waals surface area (Å²) < 4.78 is 1.40. The standard InChI is InChI=1S/C13H13ClN6/c1-2-11(9-3-5-10(14)6-4-9)15-12-7-8-13-16-18-19-20(13)17-12/h3-8,11H,2H2,1H3,(H,15,17). The second kappa shape index (κ2) is 5.42. The number of benzene rings is 1. The van der Waals surface area contributed by atoms with E-state index in [-0.39, 0.29) is 6.04 Å². The maximum Gasteiger partial charge on any atom is 0.200 e. The summed E-state index contributed by atoms with van der Waals surface area (Å²) in [7, 11) is 0. The van der Waals surface area contributed by atoms with Gasteiger partial charge in [-0.2, -0.15) is 0 Å². The fraction of sp³-hybridized carbons (Fsp3) is 0.231. The van der Waals surface area contributed by atoms with E-state index in [0.717, 1.165) is 22.8 Å². The summed E-state index contributed by atoms with van der Waals surface area (Å²) in [6.45, 7) is 2.11. The van der Waals surface area contributed by atoms with Gasteiger partial charge in [0, 0.05) is 5.02 Å². The summed E-state index contributed by atoms with van der Waals surface area (Å²) in [5, 5.41) is 19.6. The quantitative estimate of drug-likeness (QED) is 0.799. The Morgan fingerprint density at radius 1 is 1.20 bits per heavy atom. The van der Waals surface area contributed by atoms with Crippen LogP contribution in [0.25, 0.3) is 5.65 Å². The van der Waals surface area contributed by atoms with Gasteiger partial charge in [0.2, 0.25) is 0 Å². The monoisotopic (exact) mass is 288 g/mol. The van der Waals surface area contributed by atoms with Gasteiger partial charge in [-0.25, -0.2) is 0 Å². The van der Waals surface area contributed by atoms with Gasteiger partial charge >= 0.3 is 0 Å². The third-order valence-electron chi connectivity index (χ3n) is 3.07. The van der Waals surface area contributed by atoms with Crippen molar-refractivity contribution in [3.8, 4) is 0 Å². The number of hydrogen-bond donors (Lipinski definition) is 1. The van der Waals surface area contributed by atoms with Crippen LogP contribution in [0.15, 0.2) is 36.4 Å². The average molecular weight is 289 g/mol. The molecule has 6 nitrogen and oxygen atoms in total. The lowest BCUT2D eigenvalue weighted by atomic mass is 10.0. The fourth-order valence-corrected chi connectivity index (χ4v) is 2.15. The molecule has 0 amide bonds. The molecule has 0 saturated heterocycles. The van der Waals surface area contributed by atoms with Crippen LogP contribution in [0.3, 0.4) is 0 Å². The van der Waals surface area contributed by atoms with Gasteiger partial charge in [0.05, 0.1) is 6.04 Å². The zero-order valence-corrected chi connectivity index (χ0v) is 11.6. The molecule has 102 valence electrons. The van der Waals surface area contributed by atoms with E-state index >= 15 is 0 Å². The first kappa shape index (κ1) is 12.8. The van der Waals surface area contributed by atoms with Crippen LogP contribution in [0.1, 0.15) is 24.9 Å². The van der Waals surface area contributed by atoms with Crippen molar-refractivity contribution in [3.05, 3.63) is 47.0 Å². The lowest BCUT2D eigenvalue weighted by Crippen LogP contribution is -2.12. The largest absolute Gasteiger partial charge is 0.362 e. The summed E-state index contributed by atoms with van der Waals surface area (Å²) in [6, 6.07) is 11.7. The van der Waals surface area contributed by atoms with E-state index in [9.17, 15) is 0 Å². The molecule has 1 atom stereocenters. The van der Waals surface area contributed by atoms with Crippen molar-refractivity contribution in [2.45, 2.75) is 19.4 Å². The Morgan fingerprint density at radius 2 is 2.00 bits per heavy atom. The molecule has 1 aromatic carbocycles. The Kier molecular flexibility index (Phi) is 3.47. The number of nitrogens with zero attached hydrogens (tertiary/aromatic N) is 5. The summed E-state index contributed by atoms with van der Waals surface area (Å²) in [5.74, 6) is 0.728. The Morgan fingerprint density at radius 3 is 2.75 bits per heavy atom. The summed E-state index contributed by atoms with van der Waals surface area (Å²) in [4.78, 5) is 0. The number of tetrazole rings is 1. The zero-order valence-electron chi connectivity index (χ0n) is 10.9. The van der Waals surface area contributed by atoms with Gasteiger partial charge in [0.25, 0.3) is 0 Å². The number of halogens is 1. The van der Waals surface area contributed by atoms with E-state index in [1.54, 1.807) is 0 Å². The van der Waals surface area contributed by atoms with Crippen molar-refractivity contribution in [1.29, 1.82) is 0 Å². The van der Waals surface area contributed by atoms with Crippen LogP contribution in [0.4, 0.5) is 5.82 Å². The highest BCUT2D eigenvalue weighted by atomic mass is 35.5. The molecule has 0 aliphatic heterocycles. The molecule has 3 rings (SSSR count). The van der Waals surface area contributed by atoms with Gasteiger partial charge < -0.3 is 5.32 Å². The van der Waals surface area contributed by atoms with Crippen LogP contribution in [0, 0.1) is 0 Å². The van der Waals surface area contributed by atoms with Crippen LogP contribution in [-0.2, 0) is 0 Å². The minimum absolute atomic E-state index is 0.161. The highest BCUT2D eigenvalue weighted by Gasteiger charge is 2.10. The topological polar surface area (TPSA) is 68.0 Å². The lowest BCUT2D eigenvalue weighted by Gasteiger charge is -2.17. The summed E-state index contributed by atoms with van der Waals surface area (Å²) >= 11 is 5.91. The molecule has 0 aliphatic rings. The van der Waals surface area contributed by atoms with Gasteiger partial charge in [-0.15, -0.1) is 14.8 Å². The van der Waals surface area contributed by atoms with Gasteiger partial charge in [-0.05, 0) is 46.7 Å². The van der Waals surface area contributed by atoms with Crippen LogP contribution < -0.4 is 5.32 Å². The normalized spacial score (nSPS) is 12.5. The molecule has 2 aromatic heterocycles. The first-order chi connectivity index (χ1) is 9.76. The first-order valence-corrected chi connectivity index (χ1v) is 6.71. The molecule has 0 saturated carbocycles. The van der Waals surface area contributed by atoms with Gasteiger partial charge in [0.15, 0.2) is 5.65 Å². The molecule has 1 unspecified atom stereocenters. The van der Waals surface area contributed by atoms with Crippen molar-refractivity contribution in [2.75, 3.05) is 5.32 Å². The molecule has 7 heteroatoms. The average Bonchev–Trinajstić information content (AvgIpc) is 2.93. The van der Waals surface area contributed by atoms with E-state index in [0.29, 0.717) is 5.65 Å². The molecule has 3 aromatic rings. The molecular formula is C13H13ClN6. The highest BCUT2D eigenvalue weighted by molar-refractivity contribution is 6.30. The molecule has 0 bridgehead atoms. The number of hydrogen-bond acceptors (Lipinski definition) is 5. The van der Waals surface area contributed by atoms with E-state index in [2.05, 4.69) is 32.9 Å². The van der Waals surface area contributed by atoms with Crippen molar-refractivity contribution >= 4 is 23.1 Å². The third-order valence-corrected chi connectivity index (χ3v) is 3.32. The van der Waals surface area contributed by atoms with E-state index in [1.807, 2.05) is 36.4 Å². The maximum atomic E-state index is 5.91. The van der Waals surface area contributed by atoms with Crippen molar-refractivity contribution in [3.63, 3.8) is 0 Å². The first-order valence-electron chi connectivity index (χ1n) is 6.33. The Bertz CT molecular complexity index is 708. The number of nitrogens with one attached hydrogen (secondary N) is 1. The molecule has 1 N–H and O–H groups in total. The number of aromatic nitrogens is 5. The fourth-order valence-electron chi connectivity index (χ4n) is 2.02. The molecule has 0 aliphatic carbocycles. The second-order valence-electron chi connectivity index (χ2n) is 4.40. The lowest BCUT2D eigenvalue weighted by molar-refractivity contribution is 0.708. The van der Waals surface area contributed by atoms with Gasteiger partial charge in [0.1, 0.15) is 5.82 Å². The molecule has 0 radical (unpaired) electrons. The van der Waals surface area contributed by atoms with Crippen molar-refractivity contribution in [2.24, 2.45) is 0 Å². The number of fused-ring (bicyclic) bond motifs is 1. The maximum absolute atomic E-state index is 5.91. The second-order valence-corrected chi connectivity index (χ2v) is 4.84. The Hall–Kier alpha value is -2.21. The van der Waals surface area contributed by atoms with E-state index < -0.39 is 0 Å². The molecule has 0 spiro atoms. The zero-order chi connectivity index (χ0) is 13.9. The SMILES string of the molecule is CCC(Nc1ccc2nnnn2n1)c1ccc(Cl)cc1. The minimum Gasteiger partial charge on any atom is -0.362 e. The van der Waals surface area contributed by atoms with Crippen LogP contribution in [0.2, 0.25) is 5.02 Å². The third kappa shape index (κ3) is 2.55. The Balaban J connectivity index is 1.84. The van der Waals surface area contributed by atoms with Crippen molar-refractivity contribution < 1.29 is 0 Å². The highest BCUT2D eigenvalue weighted by Crippen LogP contribution is 2.22. The molecular weight excluding hydrogens is 276 g/mol. The minimum atomic E-state index is 0.161. The van der Waals surface area contributed by atoms with E-state index in [4.69, 9.17) is 11.6 Å². The molecule has 20 heavy (non-hydrogen) atoms. The summed E-state index contributed by atoms with van der Waals surface area (Å²) in [6.07, 6.45) is 0.928. The summed E-state index contributed by atoms with van der Waals surface area (Å²) in [5.41, 5.74) is 1.78.